The van der Waals surface area contributed by atoms with Gasteiger partial charge in [0, 0.05) is 6.42 Å². The van der Waals surface area contributed by atoms with Gasteiger partial charge >= 0.3 is 6.18 Å². The Morgan fingerprint density at radius 2 is 1.59 bits per heavy atom. The molecule has 0 radical (unpaired) electrons. The van der Waals surface area contributed by atoms with E-state index in [9.17, 15) is 18.0 Å². The number of ketones is 1. The van der Waals surface area contributed by atoms with Gasteiger partial charge in [-0.1, -0.05) is 43.7 Å². The van der Waals surface area contributed by atoms with E-state index in [-0.39, 0.29) is 0 Å². The number of Topliss-reactive ketones (excluding diaryl/α,β-unsaturated/α-hetero) is 1. The van der Waals surface area contributed by atoms with Gasteiger partial charge in [-0.2, -0.15) is 13.2 Å². The number of hydrogen-bond donors (Lipinski definition) is 0. The van der Waals surface area contributed by atoms with Crippen LogP contribution in [-0.4, -0.2) is 12.0 Å². The number of hydrogen-bond acceptors (Lipinski definition) is 1. The molecule has 1 aromatic carbocycles. The molecular formula is C13H15F3O. The number of rotatable bonds is 3. The highest BCUT2D eigenvalue weighted by Gasteiger charge is 2.41. The molecule has 0 aliphatic rings. The van der Waals surface area contributed by atoms with E-state index in [2.05, 4.69) is 0 Å². The quantitative estimate of drug-likeness (QED) is 0.790. The maximum Gasteiger partial charge on any atom is 0.450 e. The second kappa shape index (κ2) is 4.51. The van der Waals surface area contributed by atoms with Crippen LogP contribution in [-0.2, 0) is 10.2 Å². The van der Waals surface area contributed by atoms with Crippen LogP contribution in [0.3, 0.4) is 0 Å². The average molecular weight is 244 g/mol. The van der Waals surface area contributed by atoms with Crippen LogP contribution in [0.15, 0.2) is 24.3 Å². The second-order valence-electron chi connectivity index (χ2n) is 4.85. The summed E-state index contributed by atoms with van der Waals surface area (Å²) >= 11 is 0. The van der Waals surface area contributed by atoms with Crippen molar-refractivity contribution >= 4 is 5.78 Å². The van der Waals surface area contributed by atoms with Crippen LogP contribution >= 0.6 is 0 Å². The van der Waals surface area contributed by atoms with Crippen LogP contribution in [0.4, 0.5) is 13.2 Å². The number of carbonyl (C=O) groups excluding carboxylic acids is 1. The molecule has 0 spiro atoms. The van der Waals surface area contributed by atoms with E-state index in [1.807, 2.05) is 19.1 Å². The third-order valence-electron chi connectivity index (χ3n) is 2.75. The number of carbonyl (C=O) groups is 1. The minimum absolute atomic E-state index is 0.528. The van der Waals surface area contributed by atoms with E-state index < -0.39 is 23.8 Å². The summed E-state index contributed by atoms with van der Waals surface area (Å²) in [5.41, 5.74) is 0.965. The molecule has 94 valence electrons. The van der Waals surface area contributed by atoms with Gasteiger partial charge in [0.1, 0.15) is 0 Å². The first kappa shape index (κ1) is 13.7. The highest BCUT2D eigenvalue weighted by atomic mass is 19.4. The number of halogens is 3. The van der Waals surface area contributed by atoms with Gasteiger partial charge in [0.25, 0.3) is 0 Å². The molecule has 0 bridgehead atoms. The summed E-state index contributed by atoms with van der Waals surface area (Å²) in [5.74, 6) is -1.68. The lowest BCUT2D eigenvalue weighted by Gasteiger charge is -2.25. The zero-order valence-corrected chi connectivity index (χ0v) is 10.1. The Kier molecular flexibility index (Phi) is 3.65. The van der Waals surface area contributed by atoms with Crippen LogP contribution in [0.25, 0.3) is 0 Å². The molecule has 17 heavy (non-hydrogen) atoms. The molecule has 0 aliphatic carbocycles. The molecule has 1 nitrogen and oxygen atoms in total. The first-order chi connectivity index (χ1) is 7.63. The Balaban J connectivity index is 2.89. The molecule has 0 amide bonds. The molecule has 1 rings (SSSR count). The minimum atomic E-state index is -4.75. The molecule has 0 aromatic heterocycles. The first-order valence-corrected chi connectivity index (χ1v) is 5.30. The SMILES string of the molecule is Cc1ccc(C(C)(C)CC(=O)C(F)(F)F)cc1. The average Bonchev–Trinajstić information content (AvgIpc) is 2.16. The first-order valence-electron chi connectivity index (χ1n) is 5.30. The highest BCUT2D eigenvalue weighted by molar-refractivity contribution is 5.85. The van der Waals surface area contributed by atoms with E-state index in [0.29, 0.717) is 0 Å². The summed E-state index contributed by atoms with van der Waals surface area (Å²) < 4.78 is 36.6. The van der Waals surface area contributed by atoms with E-state index in [1.54, 1.807) is 26.0 Å². The fraction of sp³-hybridized carbons (Fsp3) is 0.462. The Morgan fingerprint density at radius 1 is 1.12 bits per heavy atom. The third kappa shape index (κ3) is 3.58. The predicted octanol–water partition coefficient (Wildman–Crippen LogP) is 3.79. The Hall–Kier alpha value is -1.32. The summed E-state index contributed by atoms with van der Waals surface area (Å²) in [4.78, 5) is 11.0. The molecule has 0 N–H and O–H groups in total. The molecule has 4 heteroatoms. The lowest BCUT2D eigenvalue weighted by Crippen LogP contribution is -2.30. The molecule has 0 unspecified atom stereocenters. The summed E-state index contributed by atoms with van der Waals surface area (Å²) in [6.45, 7) is 5.18. The van der Waals surface area contributed by atoms with Gasteiger partial charge in [-0.15, -0.1) is 0 Å². The molecule has 1 aromatic rings. The van der Waals surface area contributed by atoms with Crippen LogP contribution < -0.4 is 0 Å². The van der Waals surface area contributed by atoms with E-state index in [4.69, 9.17) is 0 Å². The number of benzene rings is 1. The summed E-state index contributed by atoms with van der Waals surface area (Å²) in [6, 6.07) is 7.18. The van der Waals surface area contributed by atoms with Crippen LogP contribution in [0, 0.1) is 6.92 Å². The zero-order chi connectivity index (χ0) is 13.3. The summed E-state index contributed by atoms with van der Waals surface area (Å²) in [7, 11) is 0. The Morgan fingerprint density at radius 3 is 2.00 bits per heavy atom. The number of alkyl halides is 3. The monoisotopic (exact) mass is 244 g/mol. The largest absolute Gasteiger partial charge is 0.450 e. The highest BCUT2D eigenvalue weighted by Crippen LogP contribution is 2.31. The van der Waals surface area contributed by atoms with Crippen LogP contribution in [0.1, 0.15) is 31.4 Å². The third-order valence-corrected chi connectivity index (χ3v) is 2.75. The van der Waals surface area contributed by atoms with Gasteiger partial charge < -0.3 is 0 Å². The van der Waals surface area contributed by atoms with Crippen molar-refractivity contribution in [1.82, 2.24) is 0 Å². The topological polar surface area (TPSA) is 17.1 Å². The van der Waals surface area contributed by atoms with Crippen molar-refractivity contribution in [3.63, 3.8) is 0 Å². The van der Waals surface area contributed by atoms with E-state index >= 15 is 0 Å². The van der Waals surface area contributed by atoms with Crippen LogP contribution in [0.5, 0.6) is 0 Å². The van der Waals surface area contributed by atoms with Crippen molar-refractivity contribution in [3.8, 4) is 0 Å². The van der Waals surface area contributed by atoms with Gasteiger partial charge in [0.2, 0.25) is 5.78 Å². The van der Waals surface area contributed by atoms with Crippen molar-refractivity contribution in [2.75, 3.05) is 0 Å². The lowest BCUT2D eigenvalue weighted by atomic mass is 9.80. The smallest absolute Gasteiger partial charge is 0.290 e. The Bertz CT molecular complexity index is 402. The Labute approximate surface area is 98.6 Å². The molecule has 0 atom stereocenters. The lowest BCUT2D eigenvalue weighted by molar-refractivity contribution is -0.172. The second-order valence-corrected chi connectivity index (χ2v) is 4.85. The summed E-state index contributed by atoms with van der Waals surface area (Å²) in [6.07, 6.45) is -5.28. The number of aryl methyl sites for hydroxylation is 1. The maximum absolute atomic E-state index is 12.2. The van der Waals surface area contributed by atoms with Crippen molar-refractivity contribution in [3.05, 3.63) is 35.4 Å². The van der Waals surface area contributed by atoms with Gasteiger partial charge in [0.05, 0.1) is 0 Å². The molecule has 0 saturated heterocycles. The van der Waals surface area contributed by atoms with Gasteiger partial charge in [-0.25, -0.2) is 0 Å². The van der Waals surface area contributed by atoms with Crippen molar-refractivity contribution in [1.29, 1.82) is 0 Å². The van der Waals surface area contributed by atoms with E-state index in [1.165, 1.54) is 0 Å². The fourth-order valence-electron chi connectivity index (χ4n) is 1.61. The summed E-state index contributed by atoms with van der Waals surface area (Å²) in [5, 5.41) is 0. The maximum atomic E-state index is 12.2. The van der Waals surface area contributed by atoms with E-state index in [0.717, 1.165) is 11.1 Å². The molecule has 0 aliphatic heterocycles. The zero-order valence-electron chi connectivity index (χ0n) is 10.1. The van der Waals surface area contributed by atoms with Crippen molar-refractivity contribution in [2.24, 2.45) is 0 Å². The van der Waals surface area contributed by atoms with Crippen molar-refractivity contribution < 1.29 is 18.0 Å². The standard InChI is InChI=1S/C13H15F3O/c1-9-4-6-10(7-5-9)12(2,3)8-11(17)13(14,15)16/h4-7H,8H2,1-3H3. The van der Waals surface area contributed by atoms with Gasteiger partial charge in [0.15, 0.2) is 0 Å². The molecule has 0 fully saturated rings. The minimum Gasteiger partial charge on any atom is -0.290 e. The predicted molar refractivity (Wildman–Crippen MR) is 59.9 cm³/mol. The van der Waals surface area contributed by atoms with Gasteiger partial charge in [-0.05, 0) is 17.9 Å². The van der Waals surface area contributed by atoms with Gasteiger partial charge in [-0.3, -0.25) is 4.79 Å². The molecule has 0 heterocycles. The molecule has 0 saturated carbocycles. The fourth-order valence-corrected chi connectivity index (χ4v) is 1.61. The van der Waals surface area contributed by atoms with Crippen molar-refractivity contribution in [2.45, 2.75) is 38.8 Å². The van der Waals surface area contributed by atoms with Crippen LogP contribution in [0.2, 0.25) is 0 Å². The normalized spacial score (nSPS) is 12.6. The molecular weight excluding hydrogens is 229 g/mol.